The minimum Gasteiger partial charge on any atom is -0.310 e. The lowest BCUT2D eigenvalue weighted by atomic mass is 9.67. The first-order valence-corrected chi connectivity index (χ1v) is 26.1. The number of rotatable bonds is 7. The van der Waals surface area contributed by atoms with E-state index in [0.717, 1.165) is 23.5 Å². The highest BCUT2D eigenvalue weighted by Crippen LogP contribution is 2.65. The third-order valence-electron chi connectivity index (χ3n) is 17.0. The molecule has 0 atom stereocenters. The minimum atomic E-state index is -0.553. The lowest BCUT2D eigenvalue weighted by Crippen LogP contribution is -2.28. The van der Waals surface area contributed by atoms with Crippen LogP contribution in [0.15, 0.2) is 261 Å². The molecule has 15 rings (SSSR count). The van der Waals surface area contributed by atoms with Crippen LogP contribution in [0.2, 0.25) is 0 Å². The average Bonchev–Trinajstić information content (AvgIpc) is 4.06. The van der Waals surface area contributed by atoms with E-state index in [0.29, 0.717) is 0 Å². The van der Waals surface area contributed by atoms with Gasteiger partial charge in [0.25, 0.3) is 0 Å². The van der Waals surface area contributed by atoms with E-state index in [1.54, 1.807) is 0 Å². The second-order valence-corrected chi connectivity index (χ2v) is 20.5. The molecule has 73 heavy (non-hydrogen) atoms. The van der Waals surface area contributed by atoms with Gasteiger partial charge in [0.05, 0.1) is 16.5 Å². The summed E-state index contributed by atoms with van der Waals surface area (Å²) in [6, 6.07) is 98.9. The Hall–Kier alpha value is -8.78. The van der Waals surface area contributed by atoms with Gasteiger partial charge in [-0.05, 0) is 168 Å². The fourth-order valence-corrected chi connectivity index (χ4v) is 14.0. The summed E-state index contributed by atoms with van der Waals surface area (Å²) >= 11 is 0. The summed E-state index contributed by atoms with van der Waals surface area (Å²) in [5, 5.41) is 0. The Labute approximate surface area is 428 Å². The van der Waals surface area contributed by atoms with E-state index in [1.807, 2.05) is 0 Å². The first-order valence-electron chi connectivity index (χ1n) is 26.1. The number of nitrogens with zero attached hydrogens (tertiary/aromatic N) is 1. The molecule has 0 bridgehead atoms. The maximum atomic E-state index is 2.58. The van der Waals surface area contributed by atoms with Gasteiger partial charge in [-0.1, -0.05) is 224 Å². The molecule has 4 aliphatic carbocycles. The van der Waals surface area contributed by atoms with E-state index in [-0.39, 0.29) is 0 Å². The molecule has 1 spiro atoms. The summed E-state index contributed by atoms with van der Waals surface area (Å²) in [5.41, 5.74) is 28.5. The Morgan fingerprint density at radius 2 is 0.726 bits per heavy atom. The Kier molecular flexibility index (Phi) is 9.42. The predicted molar refractivity (Wildman–Crippen MR) is 302 cm³/mol. The molecule has 0 aromatic heterocycles. The molecule has 11 aromatic rings. The largest absolute Gasteiger partial charge is 0.310 e. The third-order valence-corrected chi connectivity index (χ3v) is 17.0. The van der Waals surface area contributed by atoms with E-state index >= 15 is 0 Å². The normalized spacial score (nSPS) is 14.6. The maximum Gasteiger partial charge on any atom is 0.0726 e. The van der Waals surface area contributed by atoms with Gasteiger partial charge in [-0.15, -0.1) is 0 Å². The van der Waals surface area contributed by atoms with Gasteiger partial charge < -0.3 is 4.90 Å². The highest BCUT2D eigenvalue weighted by molar-refractivity contribution is 6.01. The van der Waals surface area contributed by atoms with Gasteiger partial charge in [0.15, 0.2) is 0 Å². The molecular formula is C72H51N. The van der Waals surface area contributed by atoms with Crippen LogP contribution in [0.5, 0.6) is 0 Å². The first kappa shape index (κ1) is 42.0. The zero-order valence-corrected chi connectivity index (χ0v) is 40.6. The summed E-state index contributed by atoms with van der Waals surface area (Å²) in [6.07, 6.45) is 4.83. The van der Waals surface area contributed by atoms with Crippen LogP contribution in [0.3, 0.4) is 0 Å². The van der Waals surface area contributed by atoms with E-state index in [9.17, 15) is 0 Å². The van der Waals surface area contributed by atoms with E-state index in [1.165, 1.54) is 131 Å². The van der Waals surface area contributed by atoms with Crippen LogP contribution in [0, 0.1) is 0 Å². The lowest BCUT2D eigenvalue weighted by Gasteiger charge is -2.35. The molecule has 0 N–H and O–H groups in total. The highest BCUT2D eigenvalue weighted by Gasteiger charge is 2.52. The molecule has 0 fully saturated rings. The monoisotopic (exact) mass is 929 g/mol. The van der Waals surface area contributed by atoms with Gasteiger partial charge in [0.2, 0.25) is 0 Å². The molecule has 0 unspecified atom stereocenters. The second-order valence-electron chi connectivity index (χ2n) is 20.5. The molecular weight excluding hydrogens is 879 g/mol. The molecule has 0 radical (unpaired) electrons. The third kappa shape index (κ3) is 5.97. The zero-order valence-electron chi connectivity index (χ0n) is 40.6. The van der Waals surface area contributed by atoms with Gasteiger partial charge in [0.1, 0.15) is 0 Å². The molecule has 0 saturated carbocycles. The molecule has 344 valence electrons. The summed E-state index contributed by atoms with van der Waals surface area (Å²) in [4.78, 5) is 2.56. The first-order chi connectivity index (χ1) is 36.2. The van der Waals surface area contributed by atoms with E-state index in [4.69, 9.17) is 0 Å². The molecule has 0 amide bonds. The van der Waals surface area contributed by atoms with Crippen molar-refractivity contribution in [3.8, 4) is 55.6 Å². The van der Waals surface area contributed by atoms with Crippen molar-refractivity contribution in [3.63, 3.8) is 0 Å². The number of fused-ring (bicyclic) bond motifs is 14. The summed E-state index contributed by atoms with van der Waals surface area (Å²) in [7, 11) is 0. The van der Waals surface area contributed by atoms with Crippen LogP contribution in [0.25, 0.3) is 55.6 Å². The number of para-hydroxylation sites is 1. The van der Waals surface area contributed by atoms with Crippen molar-refractivity contribution < 1.29 is 0 Å². The summed E-state index contributed by atoms with van der Waals surface area (Å²) in [5.74, 6) is 0. The average molecular weight is 930 g/mol. The smallest absolute Gasteiger partial charge is 0.0726 e. The Morgan fingerprint density at radius 1 is 0.274 bits per heavy atom. The van der Waals surface area contributed by atoms with Crippen molar-refractivity contribution in [2.24, 2.45) is 0 Å². The van der Waals surface area contributed by atoms with Crippen LogP contribution >= 0.6 is 0 Å². The van der Waals surface area contributed by atoms with Crippen molar-refractivity contribution >= 4 is 17.1 Å². The molecule has 0 aliphatic heterocycles. The van der Waals surface area contributed by atoms with Crippen molar-refractivity contribution in [1.29, 1.82) is 0 Å². The number of aryl methyl sites for hydroxylation is 1. The Bertz CT molecular complexity index is 3870. The minimum absolute atomic E-state index is 0.514. The molecule has 1 nitrogen and oxygen atoms in total. The molecule has 11 aromatic carbocycles. The fraction of sp³-hybridized carbons (Fsp3) is 0.0833. The zero-order chi connectivity index (χ0) is 48.1. The lowest BCUT2D eigenvalue weighted by molar-refractivity contribution is 0.687. The maximum absolute atomic E-state index is 2.58. The van der Waals surface area contributed by atoms with Crippen LogP contribution in [-0.2, 0) is 23.7 Å². The van der Waals surface area contributed by atoms with Gasteiger partial charge in [-0.2, -0.15) is 0 Å². The van der Waals surface area contributed by atoms with Crippen molar-refractivity contribution in [2.75, 3.05) is 4.90 Å². The van der Waals surface area contributed by atoms with Crippen molar-refractivity contribution in [1.82, 2.24) is 0 Å². The van der Waals surface area contributed by atoms with Gasteiger partial charge in [0, 0.05) is 16.9 Å². The number of anilines is 3. The Morgan fingerprint density at radius 3 is 1.32 bits per heavy atom. The fourth-order valence-electron chi connectivity index (χ4n) is 14.0. The Balaban J connectivity index is 1.03. The van der Waals surface area contributed by atoms with Gasteiger partial charge >= 0.3 is 0 Å². The van der Waals surface area contributed by atoms with Crippen LogP contribution in [0.1, 0.15) is 68.5 Å². The molecule has 0 heterocycles. The van der Waals surface area contributed by atoms with Crippen LogP contribution < -0.4 is 4.90 Å². The summed E-state index contributed by atoms with van der Waals surface area (Å²) < 4.78 is 0. The van der Waals surface area contributed by atoms with Crippen molar-refractivity contribution in [2.45, 2.75) is 36.5 Å². The van der Waals surface area contributed by atoms with E-state index in [2.05, 4.69) is 266 Å². The number of hydrogen-bond acceptors (Lipinski definition) is 1. The van der Waals surface area contributed by atoms with E-state index < -0.39 is 10.8 Å². The van der Waals surface area contributed by atoms with Crippen molar-refractivity contribution in [3.05, 3.63) is 316 Å². The predicted octanol–water partition coefficient (Wildman–Crippen LogP) is 18.1. The molecule has 0 saturated heterocycles. The SMILES string of the molecule is c1ccc(N(c2ccc3c(c2)C(c2ccccc2)(c2ccccc2)c2ccccc2-3)c2cc3c(cc2-c2ccc(-c4cccc5c4CCCC5)cc2)-c2ccccc2C32c3ccccc3-c3ccccc32)cc1. The van der Waals surface area contributed by atoms with Gasteiger partial charge in [-0.3, -0.25) is 0 Å². The molecule has 4 aliphatic rings. The second kappa shape index (κ2) is 16.4. The topological polar surface area (TPSA) is 3.24 Å². The number of hydrogen-bond donors (Lipinski definition) is 0. The van der Waals surface area contributed by atoms with Crippen LogP contribution in [-0.4, -0.2) is 0 Å². The van der Waals surface area contributed by atoms with Crippen LogP contribution in [0.4, 0.5) is 17.1 Å². The number of benzene rings is 11. The highest BCUT2D eigenvalue weighted by atomic mass is 15.1. The standard InChI is InChI=1S/C72H51N/c1-4-23-51(24-5-1)71(52-25-6-2-7-26-52)64-35-16-12-32-59(64)61-44-43-54(45-68(61)71)73(53-27-8-3-9-28-53)70-47-69-63(46-62(70)50-41-39-49(40-42-50)56-34-20-22-48-21-10-11-29-55(48)56)60-33-15-19-38-67(60)72(69)65-36-17-13-30-57(65)58-31-14-18-37-66(58)72/h1-9,12-20,22-28,30-47H,10-11,21,29H2. The van der Waals surface area contributed by atoms with Gasteiger partial charge in [-0.25, -0.2) is 0 Å². The quantitative estimate of drug-likeness (QED) is 0.154. The summed E-state index contributed by atoms with van der Waals surface area (Å²) in [6.45, 7) is 0. The molecule has 1 heteroatoms.